The van der Waals surface area contributed by atoms with Gasteiger partial charge in [-0.2, -0.15) is 0 Å². The van der Waals surface area contributed by atoms with E-state index in [1.54, 1.807) is 13.8 Å². The maximum absolute atomic E-state index is 11.0. The SMILES string of the molecule is CC1(C)CCNS1(=O)=O. The minimum atomic E-state index is -2.97. The fraction of sp³-hybridized carbons (Fsp3) is 1.00. The minimum Gasteiger partial charge on any atom is -0.215 e. The van der Waals surface area contributed by atoms with Crippen LogP contribution in [-0.2, 0) is 10.0 Å². The van der Waals surface area contributed by atoms with E-state index in [1.807, 2.05) is 0 Å². The van der Waals surface area contributed by atoms with Crippen molar-refractivity contribution >= 4 is 10.0 Å². The molecule has 1 N–H and O–H groups in total. The maximum Gasteiger partial charge on any atom is 0.216 e. The molecule has 1 saturated heterocycles. The summed E-state index contributed by atoms with van der Waals surface area (Å²) in [5.41, 5.74) is 0. The molecule has 54 valence electrons. The lowest BCUT2D eigenvalue weighted by Gasteiger charge is -2.13. The van der Waals surface area contributed by atoms with E-state index in [4.69, 9.17) is 0 Å². The van der Waals surface area contributed by atoms with Crippen LogP contribution in [0, 0.1) is 0 Å². The van der Waals surface area contributed by atoms with Gasteiger partial charge in [0.2, 0.25) is 10.0 Å². The molecule has 0 atom stereocenters. The van der Waals surface area contributed by atoms with Crippen LogP contribution in [0.3, 0.4) is 0 Å². The van der Waals surface area contributed by atoms with E-state index in [2.05, 4.69) is 4.72 Å². The van der Waals surface area contributed by atoms with Crippen LogP contribution in [-0.4, -0.2) is 19.7 Å². The van der Waals surface area contributed by atoms with Gasteiger partial charge in [-0.05, 0) is 20.3 Å². The summed E-state index contributed by atoms with van der Waals surface area (Å²) in [5.74, 6) is 0. The number of rotatable bonds is 0. The summed E-state index contributed by atoms with van der Waals surface area (Å²) in [5, 5.41) is 0. The van der Waals surface area contributed by atoms with Crippen molar-refractivity contribution in [3.05, 3.63) is 0 Å². The van der Waals surface area contributed by atoms with Crippen LogP contribution in [0.5, 0.6) is 0 Å². The van der Waals surface area contributed by atoms with Crippen LogP contribution in [0.2, 0.25) is 0 Å². The van der Waals surface area contributed by atoms with Crippen LogP contribution in [0.1, 0.15) is 20.3 Å². The van der Waals surface area contributed by atoms with Gasteiger partial charge in [0.05, 0.1) is 4.75 Å². The molecule has 4 heteroatoms. The third kappa shape index (κ3) is 0.966. The first-order valence-corrected chi connectivity index (χ1v) is 4.43. The molecular formula is C5H11NO2S. The Morgan fingerprint density at radius 1 is 1.44 bits per heavy atom. The summed E-state index contributed by atoms with van der Waals surface area (Å²) < 4.78 is 23.9. The lowest BCUT2D eigenvalue weighted by molar-refractivity contribution is 0.558. The average molecular weight is 149 g/mol. The Labute approximate surface area is 55.5 Å². The lowest BCUT2D eigenvalue weighted by atomic mass is 10.1. The van der Waals surface area contributed by atoms with Crippen molar-refractivity contribution < 1.29 is 8.42 Å². The van der Waals surface area contributed by atoms with Gasteiger partial charge in [0.15, 0.2) is 0 Å². The molecule has 0 aromatic rings. The zero-order valence-electron chi connectivity index (χ0n) is 5.64. The van der Waals surface area contributed by atoms with Gasteiger partial charge in [-0.3, -0.25) is 0 Å². The topological polar surface area (TPSA) is 46.2 Å². The smallest absolute Gasteiger partial charge is 0.215 e. The largest absolute Gasteiger partial charge is 0.216 e. The van der Waals surface area contributed by atoms with Crippen molar-refractivity contribution in [2.75, 3.05) is 6.54 Å². The van der Waals surface area contributed by atoms with Gasteiger partial charge in [-0.15, -0.1) is 0 Å². The summed E-state index contributed by atoms with van der Waals surface area (Å²) in [6, 6.07) is 0. The second-order valence-corrected chi connectivity index (χ2v) is 5.31. The van der Waals surface area contributed by atoms with Gasteiger partial charge < -0.3 is 0 Å². The number of hydrogen-bond acceptors (Lipinski definition) is 2. The van der Waals surface area contributed by atoms with E-state index in [-0.39, 0.29) is 0 Å². The summed E-state index contributed by atoms with van der Waals surface area (Å²) in [7, 11) is -2.97. The van der Waals surface area contributed by atoms with Crippen molar-refractivity contribution in [2.45, 2.75) is 25.0 Å². The standard InChI is InChI=1S/C5H11NO2S/c1-5(2)3-4-6-9(5,7)8/h6H,3-4H2,1-2H3. The highest BCUT2D eigenvalue weighted by molar-refractivity contribution is 7.91. The monoisotopic (exact) mass is 149 g/mol. The molecule has 3 nitrogen and oxygen atoms in total. The molecule has 1 aliphatic rings. The van der Waals surface area contributed by atoms with Gasteiger partial charge in [-0.25, -0.2) is 13.1 Å². The Morgan fingerprint density at radius 3 is 2.11 bits per heavy atom. The molecule has 0 bridgehead atoms. The zero-order valence-corrected chi connectivity index (χ0v) is 6.46. The Morgan fingerprint density at radius 2 is 2.00 bits per heavy atom. The van der Waals surface area contributed by atoms with Crippen LogP contribution < -0.4 is 4.72 Å². The first-order valence-electron chi connectivity index (χ1n) is 2.95. The molecule has 0 aliphatic carbocycles. The summed E-state index contributed by atoms with van der Waals surface area (Å²) >= 11 is 0. The Kier molecular flexibility index (Phi) is 1.33. The Hall–Kier alpha value is -0.0900. The van der Waals surface area contributed by atoms with E-state index in [9.17, 15) is 8.42 Å². The van der Waals surface area contributed by atoms with Gasteiger partial charge in [0.25, 0.3) is 0 Å². The normalized spacial score (nSPS) is 30.4. The molecule has 0 saturated carbocycles. The third-order valence-electron chi connectivity index (χ3n) is 1.75. The molecule has 0 aromatic carbocycles. The lowest BCUT2D eigenvalue weighted by Crippen LogP contribution is -2.30. The molecule has 1 heterocycles. The summed E-state index contributed by atoms with van der Waals surface area (Å²) in [4.78, 5) is 0. The molecule has 1 aliphatic heterocycles. The second-order valence-electron chi connectivity index (χ2n) is 2.91. The van der Waals surface area contributed by atoms with Crippen molar-refractivity contribution in [1.29, 1.82) is 0 Å². The van der Waals surface area contributed by atoms with E-state index < -0.39 is 14.8 Å². The van der Waals surface area contributed by atoms with Crippen LogP contribution in [0.25, 0.3) is 0 Å². The van der Waals surface area contributed by atoms with Crippen LogP contribution in [0.4, 0.5) is 0 Å². The molecule has 0 spiro atoms. The Bertz CT molecular complexity index is 205. The van der Waals surface area contributed by atoms with Crippen molar-refractivity contribution in [1.82, 2.24) is 4.72 Å². The Balaban J connectivity index is 3.03. The van der Waals surface area contributed by atoms with E-state index in [1.165, 1.54) is 0 Å². The van der Waals surface area contributed by atoms with Crippen molar-refractivity contribution in [3.8, 4) is 0 Å². The highest BCUT2D eigenvalue weighted by Crippen LogP contribution is 2.23. The maximum atomic E-state index is 11.0. The number of sulfonamides is 1. The van der Waals surface area contributed by atoms with Gasteiger partial charge >= 0.3 is 0 Å². The van der Waals surface area contributed by atoms with E-state index in [0.717, 1.165) is 6.42 Å². The highest BCUT2D eigenvalue weighted by Gasteiger charge is 2.38. The second kappa shape index (κ2) is 1.70. The minimum absolute atomic E-state index is 0.549. The molecular weight excluding hydrogens is 138 g/mol. The molecule has 1 fully saturated rings. The zero-order chi connectivity index (χ0) is 7.12. The van der Waals surface area contributed by atoms with Gasteiger partial charge in [0, 0.05) is 6.54 Å². The predicted molar refractivity (Wildman–Crippen MR) is 35.6 cm³/mol. The molecule has 0 amide bonds. The molecule has 0 aromatic heterocycles. The molecule has 9 heavy (non-hydrogen) atoms. The van der Waals surface area contributed by atoms with Crippen molar-refractivity contribution in [3.63, 3.8) is 0 Å². The quantitative estimate of drug-likeness (QED) is 0.530. The molecule has 1 rings (SSSR count). The first kappa shape index (κ1) is 7.02. The van der Waals surface area contributed by atoms with E-state index >= 15 is 0 Å². The van der Waals surface area contributed by atoms with Crippen LogP contribution >= 0.6 is 0 Å². The highest BCUT2D eigenvalue weighted by atomic mass is 32.2. The fourth-order valence-electron chi connectivity index (χ4n) is 0.816. The van der Waals surface area contributed by atoms with Gasteiger partial charge in [-0.1, -0.05) is 0 Å². The average Bonchev–Trinajstić information content (AvgIpc) is 1.81. The van der Waals surface area contributed by atoms with Gasteiger partial charge in [0.1, 0.15) is 0 Å². The molecule has 0 unspecified atom stereocenters. The number of nitrogens with one attached hydrogen (secondary N) is 1. The fourth-order valence-corrected chi connectivity index (χ4v) is 1.95. The molecule has 0 radical (unpaired) electrons. The first-order chi connectivity index (χ1) is 3.96. The summed E-state index contributed by atoms with van der Waals surface area (Å²) in [6.45, 7) is 4.07. The third-order valence-corrected chi connectivity index (χ3v) is 3.99. The predicted octanol–water partition coefficient (Wildman–Crippen LogP) is 0.0881. The van der Waals surface area contributed by atoms with E-state index in [0.29, 0.717) is 6.54 Å². The summed E-state index contributed by atoms with van der Waals surface area (Å²) in [6.07, 6.45) is 0.718. The van der Waals surface area contributed by atoms with Crippen molar-refractivity contribution in [2.24, 2.45) is 0 Å². The number of hydrogen-bond donors (Lipinski definition) is 1. The van der Waals surface area contributed by atoms with Crippen LogP contribution in [0.15, 0.2) is 0 Å².